The van der Waals surface area contributed by atoms with Crippen molar-refractivity contribution in [2.75, 3.05) is 20.3 Å². The third-order valence-electron chi connectivity index (χ3n) is 5.21. The number of hydrogen-bond acceptors (Lipinski definition) is 5. The first-order valence-electron chi connectivity index (χ1n) is 11.1. The average molecular weight is 452 g/mol. The molecule has 176 valence electrons. The van der Waals surface area contributed by atoms with E-state index in [9.17, 15) is 14.9 Å². The first-order chi connectivity index (χ1) is 15.7. The summed E-state index contributed by atoms with van der Waals surface area (Å²) in [5.41, 5.74) is 3.62. The molecule has 2 rings (SSSR count). The summed E-state index contributed by atoms with van der Waals surface area (Å²) in [6.45, 7) is 11.5. The fraction of sp³-hybridized carbons (Fsp3) is 0.423. The van der Waals surface area contributed by atoms with E-state index in [0.717, 1.165) is 34.8 Å². The van der Waals surface area contributed by atoms with E-state index < -0.39 is 12.6 Å². The van der Waals surface area contributed by atoms with Crippen molar-refractivity contribution in [3.05, 3.63) is 58.4 Å². The summed E-state index contributed by atoms with van der Waals surface area (Å²) in [6, 6.07) is 11.3. The number of rotatable bonds is 10. The van der Waals surface area contributed by atoms with Gasteiger partial charge in [-0.3, -0.25) is 4.79 Å². The maximum atomic E-state index is 12.4. The highest BCUT2D eigenvalue weighted by molar-refractivity contribution is 5.99. The van der Waals surface area contributed by atoms with Crippen LogP contribution < -0.4 is 4.74 Å². The van der Waals surface area contributed by atoms with E-state index in [-0.39, 0.29) is 11.5 Å². The third-order valence-corrected chi connectivity index (χ3v) is 5.21. The lowest BCUT2D eigenvalue weighted by Crippen LogP contribution is -2.31. The number of amides is 1. The van der Waals surface area contributed by atoms with Crippen LogP contribution in [0.4, 0.5) is 0 Å². The van der Waals surface area contributed by atoms with Gasteiger partial charge < -0.3 is 18.9 Å². The van der Waals surface area contributed by atoms with Gasteiger partial charge in [0.25, 0.3) is 5.91 Å². The van der Waals surface area contributed by atoms with E-state index in [1.807, 2.05) is 57.2 Å². The quantitative estimate of drug-likeness (QED) is 0.306. The van der Waals surface area contributed by atoms with E-state index >= 15 is 0 Å². The predicted molar refractivity (Wildman–Crippen MR) is 127 cm³/mol. The van der Waals surface area contributed by atoms with E-state index in [0.29, 0.717) is 19.1 Å². The van der Waals surface area contributed by atoms with E-state index in [2.05, 4.69) is 18.4 Å². The molecule has 0 radical (unpaired) electrons. The summed E-state index contributed by atoms with van der Waals surface area (Å²) >= 11 is 0. The molecule has 0 bridgehead atoms. The molecule has 0 aliphatic heterocycles. The molecule has 0 aliphatic carbocycles. The molecule has 1 heterocycles. The Kier molecular flexibility index (Phi) is 9.29. The molecular formula is C26H33N3O4. The number of benzene rings is 1. The second-order valence-corrected chi connectivity index (χ2v) is 8.40. The molecule has 0 saturated carbocycles. The highest BCUT2D eigenvalue weighted by Crippen LogP contribution is 2.20. The SMILES string of the molecule is CCOc1ccc(CN(C)C(=O)COC(=O)/C(C#N)=C/c2cc(C)n(CC(C)C)c2C)cc1. The van der Waals surface area contributed by atoms with Crippen molar-refractivity contribution in [2.45, 2.75) is 47.7 Å². The maximum Gasteiger partial charge on any atom is 0.349 e. The molecule has 0 aliphatic rings. The molecule has 0 saturated heterocycles. The molecule has 2 aromatic rings. The van der Waals surface area contributed by atoms with Crippen molar-refractivity contribution < 1.29 is 19.1 Å². The first-order valence-corrected chi connectivity index (χ1v) is 11.1. The van der Waals surface area contributed by atoms with Crippen LogP contribution in [0.3, 0.4) is 0 Å². The number of aryl methyl sites for hydroxylation is 1. The number of carbonyl (C=O) groups is 2. The minimum atomic E-state index is -0.811. The van der Waals surface area contributed by atoms with Gasteiger partial charge in [-0.25, -0.2) is 4.79 Å². The molecule has 0 unspecified atom stereocenters. The molecule has 7 nitrogen and oxygen atoms in total. The lowest BCUT2D eigenvalue weighted by atomic mass is 10.1. The smallest absolute Gasteiger partial charge is 0.349 e. The van der Waals surface area contributed by atoms with Gasteiger partial charge >= 0.3 is 5.97 Å². The van der Waals surface area contributed by atoms with Gasteiger partial charge in [0, 0.05) is 31.5 Å². The Morgan fingerprint density at radius 3 is 2.45 bits per heavy atom. The zero-order valence-electron chi connectivity index (χ0n) is 20.3. The van der Waals surface area contributed by atoms with Crippen LogP contribution in [0.25, 0.3) is 6.08 Å². The Labute approximate surface area is 196 Å². The zero-order chi connectivity index (χ0) is 24.5. The normalized spacial score (nSPS) is 11.3. The summed E-state index contributed by atoms with van der Waals surface area (Å²) < 4.78 is 12.7. The highest BCUT2D eigenvalue weighted by atomic mass is 16.5. The number of nitrogens with zero attached hydrogens (tertiary/aromatic N) is 3. The Morgan fingerprint density at radius 1 is 1.21 bits per heavy atom. The third kappa shape index (κ3) is 7.25. The van der Waals surface area contributed by atoms with Gasteiger partial charge in [0.05, 0.1) is 6.61 Å². The Balaban J connectivity index is 1.99. The van der Waals surface area contributed by atoms with E-state index in [1.165, 1.54) is 11.0 Å². The fourth-order valence-corrected chi connectivity index (χ4v) is 3.45. The zero-order valence-corrected chi connectivity index (χ0v) is 20.3. The average Bonchev–Trinajstić information content (AvgIpc) is 3.03. The largest absolute Gasteiger partial charge is 0.494 e. The van der Waals surface area contributed by atoms with Crippen LogP contribution in [0.1, 0.15) is 43.3 Å². The molecule has 0 N–H and O–H groups in total. The van der Waals surface area contributed by atoms with Crippen LogP contribution in [-0.2, 0) is 27.4 Å². The van der Waals surface area contributed by atoms with Crippen LogP contribution in [0.15, 0.2) is 35.9 Å². The summed E-state index contributed by atoms with van der Waals surface area (Å²) in [5.74, 6) is 0.0706. The standard InChI is InChI=1S/C26H33N3O4/c1-7-32-24-10-8-21(9-11-24)16-28(6)25(30)17-33-26(31)23(14-27)13-22-12-19(4)29(20(22)5)15-18(2)3/h8-13,18H,7,15-17H2,1-6H3/b23-13+. The molecule has 33 heavy (non-hydrogen) atoms. The van der Waals surface area contributed by atoms with Gasteiger partial charge in [0.2, 0.25) is 0 Å². The summed E-state index contributed by atoms with van der Waals surface area (Å²) in [5, 5.41) is 9.47. The summed E-state index contributed by atoms with van der Waals surface area (Å²) in [4.78, 5) is 26.3. The van der Waals surface area contributed by atoms with Gasteiger partial charge in [0.15, 0.2) is 6.61 Å². The molecular weight excluding hydrogens is 418 g/mol. The molecule has 0 spiro atoms. The Bertz CT molecular complexity index is 1040. The number of hydrogen-bond donors (Lipinski definition) is 0. The molecule has 1 aromatic heterocycles. The van der Waals surface area contributed by atoms with Crippen molar-refractivity contribution in [2.24, 2.45) is 5.92 Å². The predicted octanol–water partition coefficient (Wildman–Crippen LogP) is 4.27. The van der Waals surface area contributed by atoms with Crippen molar-refractivity contribution in [3.63, 3.8) is 0 Å². The Morgan fingerprint density at radius 2 is 1.88 bits per heavy atom. The number of nitriles is 1. The number of esters is 1. The second-order valence-electron chi connectivity index (χ2n) is 8.40. The van der Waals surface area contributed by atoms with Crippen LogP contribution >= 0.6 is 0 Å². The first kappa shape index (κ1) is 25.7. The maximum absolute atomic E-state index is 12.4. The topological polar surface area (TPSA) is 84.6 Å². The lowest BCUT2D eigenvalue weighted by molar-refractivity contribution is -0.148. The van der Waals surface area contributed by atoms with Gasteiger partial charge in [-0.2, -0.15) is 5.26 Å². The minimum Gasteiger partial charge on any atom is -0.494 e. The molecule has 0 atom stereocenters. The van der Waals surface area contributed by atoms with Crippen molar-refractivity contribution in [1.82, 2.24) is 9.47 Å². The van der Waals surface area contributed by atoms with Crippen LogP contribution in [0.2, 0.25) is 0 Å². The van der Waals surface area contributed by atoms with Gasteiger partial charge in [0.1, 0.15) is 17.4 Å². The van der Waals surface area contributed by atoms with E-state index in [1.54, 1.807) is 7.05 Å². The van der Waals surface area contributed by atoms with Gasteiger partial charge in [-0.15, -0.1) is 0 Å². The number of aromatic nitrogens is 1. The molecule has 1 amide bonds. The number of likely N-dealkylation sites (N-methyl/N-ethyl adjacent to an activating group) is 1. The number of carbonyl (C=O) groups excluding carboxylic acids is 2. The van der Waals surface area contributed by atoms with Gasteiger partial charge in [-0.1, -0.05) is 26.0 Å². The molecule has 0 fully saturated rings. The summed E-state index contributed by atoms with van der Waals surface area (Å²) in [7, 11) is 1.64. The number of ether oxygens (including phenoxy) is 2. The monoisotopic (exact) mass is 451 g/mol. The van der Waals surface area contributed by atoms with Crippen molar-refractivity contribution >= 4 is 18.0 Å². The van der Waals surface area contributed by atoms with E-state index in [4.69, 9.17) is 9.47 Å². The van der Waals surface area contributed by atoms with Crippen LogP contribution in [-0.4, -0.2) is 41.6 Å². The fourth-order valence-electron chi connectivity index (χ4n) is 3.45. The minimum absolute atomic E-state index is 0.137. The Hall–Kier alpha value is -3.53. The lowest BCUT2D eigenvalue weighted by Gasteiger charge is -2.17. The van der Waals surface area contributed by atoms with Gasteiger partial charge in [-0.05, 0) is 62.1 Å². The summed E-state index contributed by atoms with van der Waals surface area (Å²) in [6.07, 6.45) is 1.52. The highest BCUT2D eigenvalue weighted by Gasteiger charge is 2.17. The second kappa shape index (κ2) is 11.9. The molecule has 7 heteroatoms. The van der Waals surface area contributed by atoms with Crippen LogP contribution in [0, 0.1) is 31.1 Å². The van der Waals surface area contributed by atoms with Crippen LogP contribution in [0.5, 0.6) is 5.75 Å². The van der Waals surface area contributed by atoms with Crippen molar-refractivity contribution in [3.8, 4) is 11.8 Å². The van der Waals surface area contributed by atoms with Crippen molar-refractivity contribution in [1.29, 1.82) is 5.26 Å². The molecule has 1 aromatic carbocycles.